The second-order valence-electron chi connectivity index (χ2n) is 3.05. The lowest BCUT2D eigenvalue weighted by Crippen LogP contribution is -2.29. The van der Waals surface area contributed by atoms with E-state index in [1.54, 1.807) is 12.1 Å². The van der Waals surface area contributed by atoms with E-state index < -0.39 is 15.2 Å². The van der Waals surface area contributed by atoms with E-state index >= 15 is 0 Å². The predicted octanol–water partition coefficient (Wildman–Crippen LogP) is 0.978. The monoisotopic (exact) mass is 228 g/mol. The summed E-state index contributed by atoms with van der Waals surface area (Å²) in [5, 5.41) is -0.953. The Bertz CT molecular complexity index is 411. The highest BCUT2D eigenvalue weighted by Gasteiger charge is 2.21. The zero-order valence-corrected chi connectivity index (χ0v) is 9.33. The van der Waals surface area contributed by atoms with Gasteiger partial charge in [0.15, 0.2) is 9.84 Å². The maximum absolute atomic E-state index is 11.8. The van der Waals surface area contributed by atoms with Crippen LogP contribution in [-0.4, -0.2) is 20.9 Å². The molecular weight excluding hydrogens is 214 g/mol. The number of benzene rings is 1. The maximum Gasteiger partial charge on any atom is 0.193 e. The van der Waals surface area contributed by atoms with Crippen LogP contribution >= 0.6 is 0 Å². The Morgan fingerprint density at radius 3 is 2.33 bits per heavy atom. The molecule has 5 heteroatoms. The molecule has 0 bridgehead atoms. The Hall–Kier alpha value is -1.07. The van der Waals surface area contributed by atoms with Crippen LogP contribution in [0.15, 0.2) is 29.2 Å². The van der Waals surface area contributed by atoms with Crippen LogP contribution in [0.5, 0.6) is 5.75 Å². The molecular formula is C10H14NO3S. The summed E-state index contributed by atoms with van der Waals surface area (Å²) in [4.78, 5) is 0.194. The molecule has 0 aliphatic heterocycles. The van der Waals surface area contributed by atoms with Crippen molar-refractivity contribution in [3.8, 4) is 5.75 Å². The van der Waals surface area contributed by atoms with Crippen LogP contribution in [0.3, 0.4) is 0 Å². The van der Waals surface area contributed by atoms with Crippen molar-refractivity contribution < 1.29 is 13.2 Å². The van der Waals surface area contributed by atoms with Gasteiger partial charge in [-0.15, -0.1) is 0 Å². The van der Waals surface area contributed by atoms with Gasteiger partial charge in [-0.2, -0.15) is 0 Å². The van der Waals surface area contributed by atoms with Gasteiger partial charge in [0.25, 0.3) is 0 Å². The van der Waals surface area contributed by atoms with E-state index in [0.29, 0.717) is 5.75 Å². The van der Waals surface area contributed by atoms with Gasteiger partial charge in [0, 0.05) is 0 Å². The minimum Gasteiger partial charge on any atom is -0.497 e. The Morgan fingerprint density at radius 1 is 1.40 bits per heavy atom. The number of sulfone groups is 1. The summed E-state index contributed by atoms with van der Waals surface area (Å²) < 4.78 is 28.4. The van der Waals surface area contributed by atoms with Gasteiger partial charge in [-0.25, -0.2) is 8.42 Å². The molecule has 1 aromatic carbocycles. The molecule has 1 radical (unpaired) electrons. The Kier molecular flexibility index (Phi) is 3.71. The zero-order chi connectivity index (χ0) is 11.5. The van der Waals surface area contributed by atoms with Gasteiger partial charge < -0.3 is 10.5 Å². The normalized spacial score (nSPS) is 13.5. The van der Waals surface area contributed by atoms with Crippen molar-refractivity contribution in [2.24, 2.45) is 5.73 Å². The van der Waals surface area contributed by atoms with E-state index in [9.17, 15) is 8.42 Å². The Morgan fingerprint density at radius 2 is 1.93 bits per heavy atom. The van der Waals surface area contributed by atoms with E-state index in [-0.39, 0.29) is 11.3 Å². The molecule has 1 unspecified atom stereocenters. The van der Waals surface area contributed by atoms with E-state index in [1.165, 1.54) is 19.2 Å². The molecule has 4 nitrogen and oxygen atoms in total. The summed E-state index contributed by atoms with van der Waals surface area (Å²) in [6, 6.07) is 6.12. The number of hydrogen-bond donors (Lipinski definition) is 1. The summed E-state index contributed by atoms with van der Waals surface area (Å²) in [7, 11) is -1.94. The molecule has 0 saturated carbocycles. The molecule has 0 heterocycles. The fourth-order valence-electron chi connectivity index (χ4n) is 1.10. The molecule has 0 saturated heterocycles. The number of rotatable bonds is 4. The lowest BCUT2D eigenvalue weighted by Gasteiger charge is -2.10. The summed E-state index contributed by atoms with van der Waals surface area (Å²) in [6.07, 6.45) is 0.147. The SMILES string of the molecule is [CH2]CC(N)S(=O)(=O)c1ccc(OC)cc1. The summed E-state index contributed by atoms with van der Waals surface area (Å²) in [5.41, 5.74) is 5.47. The molecule has 0 aliphatic carbocycles. The third-order valence-electron chi connectivity index (χ3n) is 2.07. The van der Waals surface area contributed by atoms with Crippen molar-refractivity contribution in [2.45, 2.75) is 16.7 Å². The minimum atomic E-state index is -3.45. The first-order valence-electron chi connectivity index (χ1n) is 4.45. The van der Waals surface area contributed by atoms with Crippen LogP contribution in [0.1, 0.15) is 6.42 Å². The lowest BCUT2D eigenvalue weighted by atomic mass is 10.3. The van der Waals surface area contributed by atoms with Crippen molar-refractivity contribution in [1.29, 1.82) is 0 Å². The highest BCUT2D eigenvalue weighted by atomic mass is 32.2. The quantitative estimate of drug-likeness (QED) is 0.834. The molecule has 2 N–H and O–H groups in total. The van der Waals surface area contributed by atoms with Crippen LogP contribution in [0.4, 0.5) is 0 Å². The molecule has 0 spiro atoms. The van der Waals surface area contributed by atoms with Crippen molar-refractivity contribution in [3.05, 3.63) is 31.2 Å². The number of nitrogens with two attached hydrogens (primary N) is 1. The lowest BCUT2D eigenvalue weighted by molar-refractivity contribution is 0.414. The van der Waals surface area contributed by atoms with Gasteiger partial charge in [-0.1, -0.05) is 6.92 Å². The highest BCUT2D eigenvalue weighted by Crippen LogP contribution is 2.18. The summed E-state index contributed by atoms with van der Waals surface area (Å²) in [6.45, 7) is 3.48. The smallest absolute Gasteiger partial charge is 0.193 e. The second kappa shape index (κ2) is 4.63. The van der Waals surface area contributed by atoms with E-state index in [0.717, 1.165) is 0 Å². The number of ether oxygens (including phenoxy) is 1. The topological polar surface area (TPSA) is 69.4 Å². The fourth-order valence-corrected chi connectivity index (χ4v) is 2.27. The first-order chi connectivity index (χ1) is 7.02. The molecule has 1 rings (SSSR count). The van der Waals surface area contributed by atoms with Crippen LogP contribution in [0.25, 0.3) is 0 Å². The molecule has 1 aromatic rings. The summed E-state index contributed by atoms with van der Waals surface area (Å²) >= 11 is 0. The number of methoxy groups -OCH3 is 1. The van der Waals surface area contributed by atoms with Gasteiger partial charge in [0.05, 0.1) is 12.0 Å². The standard InChI is InChI=1S/C10H14NO3S/c1-3-10(11)15(12,13)9-6-4-8(14-2)5-7-9/h4-7,10H,1,3,11H2,2H3. The average Bonchev–Trinajstić information content (AvgIpc) is 2.28. The molecule has 0 amide bonds. The van der Waals surface area contributed by atoms with Gasteiger partial charge in [-0.3, -0.25) is 0 Å². The van der Waals surface area contributed by atoms with E-state index in [1.807, 2.05) is 0 Å². The molecule has 0 aliphatic rings. The Balaban J connectivity index is 3.06. The van der Waals surface area contributed by atoms with Crippen LogP contribution in [-0.2, 0) is 9.84 Å². The zero-order valence-electron chi connectivity index (χ0n) is 8.51. The van der Waals surface area contributed by atoms with Crippen molar-refractivity contribution in [1.82, 2.24) is 0 Å². The van der Waals surface area contributed by atoms with E-state index in [4.69, 9.17) is 10.5 Å². The van der Waals surface area contributed by atoms with Gasteiger partial charge in [0.2, 0.25) is 0 Å². The molecule has 1 atom stereocenters. The molecule has 0 aromatic heterocycles. The van der Waals surface area contributed by atoms with Crippen molar-refractivity contribution in [2.75, 3.05) is 7.11 Å². The van der Waals surface area contributed by atoms with Gasteiger partial charge in [-0.05, 0) is 30.7 Å². The Labute approximate surface area is 90.0 Å². The highest BCUT2D eigenvalue weighted by molar-refractivity contribution is 7.92. The third kappa shape index (κ3) is 2.49. The number of hydrogen-bond acceptors (Lipinski definition) is 4. The maximum atomic E-state index is 11.8. The van der Waals surface area contributed by atoms with Crippen molar-refractivity contribution in [3.63, 3.8) is 0 Å². The van der Waals surface area contributed by atoms with Gasteiger partial charge in [0.1, 0.15) is 11.1 Å². The molecule has 0 fully saturated rings. The van der Waals surface area contributed by atoms with Crippen LogP contribution in [0, 0.1) is 6.92 Å². The first-order valence-corrected chi connectivity index (χ1v) is 5.99. The average molecular weight is 228 g/mol. The largest absolute Gasteiger partial charge is 0.497 e. The predicted molar refractivity (Wildman–Crippen MR) is 58.1 cm³/mol. The second-order valence-corrected chi connectivity index (χ2v) is 5.21. The third-order valence-corrected chi connectivity index (χ3v) is 4.03. The fraction of sp³-hybridized carbons (Fsp3) is 0.300. The molecule has 15 heavy (non-hydrogen) atoms. The summed E-state index contributed by atoms with van der Waals surface area (Å²) in [5.74, 6) is 0.608. The van der Waals surface area contributed by atoms with Crippen molar-refractivity contribution >= 4 is 9.84 Å². The van der Waals surface area contributed by atoms with Crippen LogP contribution < -0.4 is 10.5 Å². The minimum absolute atomic E-state index is 0.147. The molecule has 83 valence electrons. The van der Waals surface area contributed by atoms with E-state index in [2.05, 4.69) is 6.92 Å². The first kappa shape index (κ1) is 12.0. The van der Waals surface area contributed by atoms with Gasteiger partial charge >= 0.3 is 0 Å². The van der Waals surface area contributed by atoms with Crippen LogP contribution in [0.2, 0.25) is 0 Å².